The third-order valence-electron chi connectivity index (χ3n) is 6.49. The van der Waals surface area contributed by atoms with Crippen LogP contribution in [0.4, 0.5) is 0 Å². The predicted molar refractivity (Wildman–Crippen MR) is 107 cm³/mol. The van der Waals surface area contributed by atoms with E-state index in [4.69, 9.17) is 4.74 Å². The molecule has 154 valence electrons. The third-order valence-corrected chi connectivity index (χ3v) is 6.49. The topological polar surface area (TPSA) is 78.9 Å². The van der Waals surface area contributed by atoms with Crippen molar-refractivity contribution in [1.29, 1.82) is 0 Å². The number of benzene rings is 1. The highest BCUT2D eigenvalue weighted by atomic mass is 16.5. The maximum atomic E-state index is 12.6. The second kappa shape index (κ2) is 8.62. The molecule has 6 nitrogen and oxygen atoms in total. The molecule has 2 fully saturated rings. The number of likely N-dealkylation sites (tertiary alicyclic amines) is 1. The van der Waals surface area contributed by atoms with Gasteiger partial charge in [-0.3, -0.25) is 9.59 Å². The Hall–Kier alpha value is -1.92. The molecule has 2 N–H and O–H groups in total. The average molecular weight is 389 g/mol. The number of carbonyl (C=O) groups excluding carboxylic acids is 2. The van der Waals surface area contributed by atoms with Crippen LogP contribution in [0.15, 0.2) is 24.3 Å². The number of carbonyl (C=O) groups is 2. The van der Waals surface area contributed by atoms with Gasteiger partial charge in [-0.15, -0.1) is 0 Å². The highest BCUT2D eigenvalue weighted by molar-refractivity contribution is 5.94. The summed E-state index contributed by atoms with van der Waals surface area (Å²) in [5.41, 5.74) is 1.22. The summed E-state index contributed by atoms with van der Waals surface area (Å²) in [7, 11) is 1.62. The van der Waals surface area contributed by atoms with Crippen molar-refractivity contribution < 1.29 is 19.4 Å². The van der Waals surface area contributed by atoms with Crippen LogP contribution >= 0.6 is 0 Å². The number of hydrogen-bond acceptors (Lipinski definition) is 4. The fraction of sp³-hybridized carbons (Fsp3) is 0.636. The lowest BCUT2D eigenvalue weighted by Crippen LogP contribution is -2.48. The molecule has 1 aliphatic heterocycles. The quantitative estimate of drug-likeness (QED) is 0.812. The van der Waals surface area contributed by atoms with Gasteiger partial charge in [0.25, 0.3) is 5.91 Å². The van der Waals surface area contributed by atoms with Crippen molar-refractivity contribution in [1.82, 2.24) is 10.2 Å². The summed E-state index contributed by atoms with van der Waals surface area (Å²) in [6.07, 6.45) is 4.02. The van der Waals surface area contributed by atoms with E-state index in [0.717, 1.165) is 31.2 Å². The number of methoxy groups -OCH3 is 1. The van der Waals surface area contributed by atoms with E-state index in [1.807, 2.05) is 23.1 Å². The summed E-state index contributed by atoms with van der Waals surface area (Å²) in [6.45, 7) is 4.54. The fourth-order valence-corrected chi connectivity index (χ4v) is 5.08. The molecule has 1 aromatic rings. The number of hydrogen-bond donors (Lipinski definition) is 2. The largest absolute Gasteiger partial charge is 0.392 e. The lowest BCUT2D eigenvalue weighted by atomic mass is 9.75. The molecule has 6 heteroatoms. The van der Waals surface area contributed by atoms with E-state index in [-0.39, 0.29) is 29.3 Å². The molecule has 0 unspecified atom stereocenters. The Labute approximate surface area is 167 Å². The van der Waals surface area contributed by atoms with Crippen LogP contribution in [-0.2, 0) is 16.1 Å². The Morgan fingerprint density at radius 1 is 1.32 bits per heavy atom. The highest BCUT2D eigenvalue weighted by Crippen LogP contribution is 2.48. The first-order valence-corrected chi connectivity index (χ1v) is 10.2. The van der Waals surface area contributed by atoms with Crippen molar-refractivity contribution in [3.63, 3.8) is 0 Å². The van der Waals surface area contributed by atoms with Gasteiger partial charge in [-0.1, -0.05) is 31.9 Å². The van der Waals surface area contributed by atoms with Crippen molar-refractivity contribution in [2.75, 3.05) is 13.7 Å². The molecule has 28 heavy (non-hydrogen) atoms. The summed E-state index contributed by atoms with van der Waals surface area (Å²) in [6, 6.07) is 7.31. The van der Waals surface area contributed by atoms with E-state index in [2.05, 4.69) is 12.2 Å². The zero-order chi connectivity index (χ0) is 20.3. The minimum atomic E-state index is -0.409. The second-order valence-corrected chi connectivity index (χ2v) is 8.45. The predicted octanol–water partition coefficient (Wildman–Crippen LogP) is 2.49. The number of nitrogens with one attached hydrogen (secondary N) is 1. The molecule has 1 aromatic carbocycles. The monoisotopic (exact) mass is 388 g/mol. The summed E-state index contributed by atoms with van der Waals surface area (Å²) in [5.74, 6) is -0.136. The molecule has 2 amide bonds. The number of aliphatic hydroxyl groups is 1. The molecule has 1 saturated heterocycles. The van der Waals surface area contributed by atoms with Crippen LogP contribution in [-0.4, -0.2) is 53.7 Å². The van der Waals surface area contributed by atoms with Crippen LogP contribution < -0.4 is 5.32 Å². The molecule has 1 heterocycles. The molecule has 0 aromatic heterocycles. The second-order valence-electron chi connectivity index (χ2n) is 8.45. The van der Waals surface area contributed by atoms with Gasteiger partial charge >= 0.3 is 0 Å². The molecular formula is C22H32N2O4. The van der Waals surface area contributed by atoms with Crippen LogP contribution in [0.1, 0.15) is 61.9 Å². The third kappa shape index (κ3) is 4.08. The van der Waals surface area contributed by atoms with Crippen molar-refractivity contribution >= 4 is 11.8 Å². The average Bonchev–Trinajstić information content (AvgIpc) is 2.89. The molecular weight excluding hydrogens is 356 g/mol. The smallest absolute Gasteiger partial charge is 0.251 e. The van der Waals surface area contributed by atoms with Gasteiger partial charge in [-0.05, 0) is 37.0 Å². The first kappa shape index (κ1) is 20.8. The van der Waals surface area contributed by atoms with Gasteiger partial charge in [-0.2, -0.15) is 0 Å². The Balaban J connectivity index is 1.71. The van der Waals surface area contributed by atoms with E-state index in [0.29, 0.717) is 25.1 Å². The highest BCUT2D eigenvalue weighted by Gasteiger charge is 2.54. The van der Waals surface area contributed by atoms with Gasteiger partial charge < -0.3 is 20.1 Å². The van der Waals surface area contributed by atoms with Gasteiger partial charge in [0.05, 0.1) is 18.8 Å². The number of rotatable bonds is 5. The Morgan fingerprint density at radius 2 is 2.07 bits per heavy atom. The minimum absolute atomic E-state index is 0.0177. The van der Waals surface area contributed by atoms with E-state index >= 15 is 0 Å². The molecule has 1 aliphatic carbocycles. The number of amides is 2. The van der Waals surface area contributed by atoms with Crippen LogP contribution in [0, 0.1) is 5.41 Å². The molecule has 2 aliphatic rings. The van der Waals surface area contributed by atoms with Crippen molar-refractivity contribution in [2.45, 2.75) is 70.7 Å². The minimum Gasteiger partial charge on any atom is -0.392 e. The first-order chi connectivity index (χ1) is 13.4. The maximum absolute atomic E-state index is 12.6. The Bertz CT molecular complexity index is 722. The zero-order valence-corrected chi connectivity index (χ0v) is 17.1. The normalized spacial score (nSPS) is 29.9. The summed E-state index contributed by atoms with van der Waals surface area (Å²) in [4.78, 5) is 27.0. The van der Waals surface area contributed by atoms with Gasteiger partial charge in [-0.25, -0.2) is 0 Å². The van der Waals surface area contributed by atoms with Gasteiger partial charge in [0.1, 0.15) is 0 Å². The molecule has 3 rings (SSSR count). The molecule has 1 saturated carbocycles. The Kier molecular flexibility index (Phi) is 6.40. The lowest BCUT2D eigenvalue weighted by Gasteiger charge is -2.37. The van der Waals surface area contributed by atoms with Crippen molar-refractivity contribution in [3.8, 4) is 0 Å². The van der Waals surface area contributed by atoms with Crippen LogP contribution in [0.5, 0.6) is 0 Å². The number of aliphatic hydroxyl groups excluding tert-OH is 1. The van der Waals surface area contributed by atoms with Gasteiger partial charge in [0, 0.05) is 37.6 Å². The molecule has 0 radical (unpaired) electrons. The number of nitrogens with zero attached hydrogens (tertiary/aromatic N) is 1. The Morgan fingerprint density at radius 3 is 2.79 bits per heavy atom. The lowest BCUT2D eigenvalue weighted by molar-refractivity contribution is -0.133. The SMILES string of the molecule is COCc1cccc(C(=O)NC[C@H]2C[C@@]3(C)[C@@H](O)CCCC[C@H]3N2C(C)=O)c1. The summed E-state index contributed by atoms with van der Waals surface area (Å²) >= 11 is 0. The molecule has 4 atom stereocenters. The van der Waals surface area contributed by atoms with Crippen LogP contribution in [0.25, 0.3) is 0 Å². The molecule has 0 spiro atoms. The van der Waals surface area contributed by atoms with Gasteiger partial charge in [0.15, 0.2) is 0 Å². The number of ether oxygens (including phenoxy) is 1. The van der Waals surface area contributed by atoms with Gasteiger partial charge in [0.2, 0.25) is 5.91 Å². The van der Waals surface area contributed by atoms with E-state index in [1.54, 1.807) is 20.1 Å². The maximum Gasteiger partial charge on any atom is 0.251 e. The van der Waals surface area contributed by atoms with E-state index in [1.165, 1.54) is 0 Å². The van der Waals surface area contributed by atoms with Crippen molar-refractivity contribution in [3.05, 3.63) is 35.4 Å². The first-order valence-electron chi connectivity index (χ1n) is 10.2. The van der Waals surface area contributed by atoms with E-state index < -0.39 is 6.10 Å². The number of fused-ring (bicyclic) bond motifs is 1. The fourth-order valence-electron chi connectivity index (χ4n) is 5.08. The summed E-state index contributed by atoms with van der Waals surface area (Å²) in [5, 5.41) is 13.7. The van der Waals surface area contributed by atoms with E-state index in [9.17, 15) is 14.7 Å². The zero-order valence-electron chi connectivity index (χ0n) is 17.1. The molecule has 0 bridgehead atoms. The van der Waals surface area contributed by atoms with Crippen LogP contribution in [0.2, 0.25) is 0 Å². The summed E-state index contributed by atoms with van der Waals surface area (Å²) < 4.78 is 5.13. The standard InChI is InChI=1S/C22H32N2O4/c1-15(25)24-18(12-22(2)19(24)9-4-5-10-20(22)26)13-23-21(27)17-8-6-7-16(11-17)14-28-3/h6-8,11,18-20,26H,4-5,9-10,12-14H2,1-3H3,(H,23,27)/t18-,19-,20+,22-/m1/s1. The van der Waals surface area contributed by atoms with Crippen molar-refractivity contribution in [2.24, 2.45) is 5.41 Å². The van der Waals surface area contributed by atoms with Crippen LogP contribution in [0.3, 0.4) is 0 Å².